The van der Waals surface area contributed by atoms with Crippen molar-refractivity contribution in [3.8, 4) is 0 Å². The number of amides is 2. The van der Waals surface area contributed by atoms with Crippen molar-refractivity contribution >= 4 is 23.2 Å². The number of carbonyl (C=O) groups excluding carboxylic acids is 2. The third-order valence-electron chi connectivity index (χ3n) is 3.13. The molecule has 1 atom stereocenters. The van der Waals surface area contributed by atoms with E-state index in [2.05, 4.69) is 5.32 Å². The number of nitrogens with one attached hydrogen (secondary N) is 1. The van der Waals surface area contributed by atoms with Crippen LogP contribution in [-0.2, 0) is 19.1 Å². The average Bonchev–Trinajstić information content (AvgIpc) is 2.46. The molecule has 2 aliphatic heterocycles. The van der Waals surface area contributed by atoms with Crippen LogP contribution in [0.1, 0.15) is 0 Å². The number of anilines is 2. The maximum atomic E-state index is 12.4. The first-order valence-corrected chi connectivity index (χ1v) is 6.15. The summed E-state index contributed by atoms with van der Waals surface area (Å²) in [6.45, 7) is 1.15. The quantitative estimate of drug-likeness (QED) is 0.795. The lowest BCUT2D eigenvalue weighted by Gasteiger charge is -2.32. The molecule has 2 heterocycles. The van der Waals surface area contributed by atoms with Crippen molar-refractivity contribution in [2.24, 2.45) is 0 Å². The fourth-order valence-corrected chi connectivity index (χ4v) is 2.23. The van der Waals surface area contributed by atoms with Gasteiger partial charge in [0.1, 0.15) is 6.54 Å². The Morgan fingerprint density at radius 1 is 1.32 bits per heavy atom. The van der Waals surface area contributed by atoms with Gasteiger partial charge in [0.15, 0.2) is 6.10 Å². The van der Waals surface area contributed by atoms with E-state index in [9.17, 15) is 9.59 Å². The number of hydrogen-bond acceptors (Lipinski definition) is 4. The number of benzene rings is 1. The first kappa shape index (κ1) is 12.1. The van der Waals surface area contributed by atoms with E-state index < -0.39 is 6.10 Å². The van der Waals surface area contributed by atoms with Crippen LogP contribution < -0.4 is 10.2 Å². The Balaban J connectivity index is 1.87. The molecule has 0 saturated carbocycles. The Hall–Kier alpha value is -1.92. The van der Waals surface area contributed by atoms with E-state index in [1.165, 1.54) is 4.90 Å². The molecule has 6 heteroatoms. The lowest BCUT2D eigenvalue weighted by Crippen LogP contribution is -2.50. The van der Waals surface area contributed by atoms with Gasteiger partial charge in [-0.05, 0) is 12.1 Å². The molecule has 0 spiro atoms. The van der Waals surface area contributed by atoms with Gasteiger partial charge in [0.2, 0.25) is 5.91 Å². The molecule has 19 heavy (non-hydrogen) atoms. The summed E-state index contributed by atoms with van der Waals surface area (Å²) >= 11 is 0. The molecule has 0 radical (unpaired) electrons. The second kappa shape index (κ2) is 4.99. The first-order valence-electron chi connectivity index (χ1n) is 6.15. The molecule has 2 amide bonds. The zero-order valence-corrected chi connectivity index (χ0v) is 10.3. The van der Waals surface area contributed by atoms with Crippen molar-refractivity contribution in [3.05, 3.63) is 24.3 Å². The highest BCUT2D eigenvalue weighted by Crippen LogP contribution is 2.29. The lowest BCUT2D eigenvalue weighted by atomic mass is 10.1. The minimum absolute atomic E-state index is 0.00963. The van der Waals surface area contributed by atoms with Gasteiger partial charge in [0, 0.05) is 0 Å². The van der Waals surface area contributed by atoms with Crippen molar-refractivity contribution in [3.63, 3.8) is 0 Å². The largest absolute Gasteiger partial charge is 0.376 e. The Morgan fingerprint density at radius 2 is 2.16 bits per heavy atom. The SMILES string of the molecule is O=C1CN(C(=O)C2COCCO2)c2ccccc2N1. The van der Waals surface area contributed by atoms with Crippen molar-refractivity contribution in [1.29, 1.82) is 0 Å². The van der Waals surface area contributed by atoms with Crippen LogP contribution in [0.25, 0.3) is 0 Å². The summed E-state index contributed by atoms with van der Waals surface area (Å²) in [6, 6.07) is 7.21. The molecule has 2 aliphatic rings. The predicted molar refractivity (Wildman–Crippen MR) is 68.0 cm³/mol. The number of hydrogen-bond donors (Lipinski definition) is 1. The van der Waals surface area contributed by atoms with Crippen LogP contribution in [0.3, 0.4) is 0 Å². The minimum atomic E-state index is -0.632. The maximum Gasteiger partial charge on any atom is 0.259 e. The van der Waals surface area contributed by atoms with E-state index >= 15 is 0 Å². The second-order valence-electron chi connectivity index (χ2n) is 4.42. The first-order chi connectivity index (χ1) is 9.25. The zero-order valence-electron chi connectivity index (χ0n) is 10.3. The molecule has 0 aromatic heterocycles. The summed E-state index contributed by atoms with van der Waals surface area (Å²) in [6.07, 6.45) is -0.632. The molecule has 1 N–H and O–H groups in total. The van der Waals surface area contributed by atoms with Gasteiger partial charge < -0.3 is 14.8 Å². The monoisotopic (exact) mass is 262 g/mol. The van der Waals surface area contributed by atoms with Gasteiger partial charge >= 0.3 is 0 Å². The van der Waals surface area contributed by atoms with Crippen LogP contribution in [0, 0.1) is 0 Å². The molecule has 100 valence electrons. The van der Waals surface area contributed by atoms with Crippen LogP contribution >= 0.6 is 0 Å². The van der Waals surface area contributed by atoms with Crippen LogP contribution in [0.2, 0.25) is 0 Å². The minimum Gasteiger partial charge on any atom is -0.376 e. The second-order valence-corrected chi connectivity index (χ2v) is 4.42. The Kier molecular flexibility index (Phi) is 3.18. The molecule has 1 aromatic carbocycles. The maximum absolute atomic E-state index is 12.4. The van der Waals surface area contributed by atoms with Crippen molar-refractivity contribution in [2.45, 2.75) is 6.10 Å². The van der Waals surface area contributed by atoms with Crippen molar-refractivity contribution in [2.75, 3.05) is 36.6 Å². The van der Waals surface area contributed by atoms with E-state index in [-0.39, 0.29) is 25.0 Å². The standard InChI is InChI=1S/C13H14N2O4/c16-12-7-15(10-4-2-1-3-9(10)14-12)13(17)11-8-18-5-6-19-11/h1-4,11H,5-8H2,(H,14,16). The number of para-hydroxylation sites is 2. The van der Waals surface area contributed by atoms with Gasteiger partial charge in [0.25, 0.3) is 5.91 Å². The lowest BCUT2D eigenvalue weighted by molar-refractivity contribution is -0.145. The van der Waals surface area contributed by atoms with Crippen molar-refractivity contribution < 1.29 is 19.1 Å². The number of fused-ring (bicyclic) bond motifs is 1. The van der Waals surface area contributed by atoms with Gasteiger partial charge in [0.05, 0.1) is 31.2 Å². The van der Waals surface area contributed by atoms with Gasteiger partial charge in [-0.25, -0.2) is 0 Å². The highest BCUT2D eigenvalue weighted by molar-refractivity contribution is 6.11. The van der Waals surface area contributed by atoms with E-state index in [4.69, 9.17) is 9.47 Å². The third kappa shape index (κ3) is 2.32. The molecule has 0 aliphatic carbocycles. The fraction of sp³-hybridized carbons (Fsp3) is 0.385. The molecular formula is C13H14N2O4. The van der Waals surface area contributed by atoms with E-state index in [0.717, 1.165) is 0 Å². The normalized spacial score (nSPS) is 22.6. The van der Waals surface area contributed by atoms with Gasteiger partial charge in [-0.3, -0.25) is 14.5 Å². The number of ether oxygens (including phenoxy) is 2. The number of rotatable bonds is 1. The highest BCUT2D eigenvalue weighted by Gasteiger charge is 2.33. The molecule has 6 nitrogen and oxygen atoms in total. The summed E-state index contributed by atoms with van der Waals surface area (Å²) < 4.78 is 10.6. The number of carbonyl (C=O) groups is 2. The molecule has 1 fully saturated rings. The fourth-order valence-electron chi connectivity index (χ4n) is 2.23. The van der Waals surface area contributed by atoms with Gasteiger partial charge in [-0.15, -0.1) is 0 Å². The number of nitrogens with zero attached hydrogens (tertiary/aromatic N) is 1. The van der Waals surface area contributed by atoms with Crippen LogP contribution in [0.5, 0.6) is 0 Å². The van der Waals surface area contributed by atoms with E-state index in [0.29, 0.717) is 24.6 Å². The summed E-state index contributed by atoms with van der Waals surface area (Å²) in [5.41, 5.74) is 1.34. The molecular weight excluding hydrogens is 248 g/mol. The molecule has 1 saturated heterocycles. The summed E-state index contributed by atoms with van der Waals surface area (Å²) in [4.78, 5) is 25.5. The Labute approximate surface area is 110 Å². The third-order valence-corrected chi connectivity index (χ3v) is 3.13. The summed E-state index contributed by atoms with van der Waals surface area (Å²) in [5, 5.41) is 2.74. The topological polar surface area (TPSA) is 67.9 Å². The molecule has 3 rings (SSSR count). The van der Waals surface area contributed by atoms with Crippen molar-refractivity contribution in [1.82, 2.24) is 0 Å². The van der Waals surface area contributed by atoms with Crippen LogP contribution in [-0.4, -0.2) is 44.3 Å². The smallest absolute Gasteiger partial charge is 0.259 e. The summed E-state index contributed by atoms with van der Waals surface area (Å²) in [5.74, 6) is -0.439. The van der Waals surface area contributed by atoms with E-state index in [1.54, 1.807) is 12.1 Å². The predicted octanol–water partition coefficient (Wildman–Crippen LogP) is 0.387. The van der Waals surface area contributed by atoms with Gasteiger partial charge in [-0.2, -0.15) is 0 Å². The Bertz CT molecular complexity index is 511. The van der Waals surface area contributed by atoms with Crippen LogP contribution in [0.15, 0.2) is 24.3 Å². The zero-order chi connectivity index (χ0) is 13.2. The van der Waals surface area contributed by atoms with Crippen LogP contribution in [0.4, 0.5) is 11.4 Å². The van der Waals surface area contributed by atoms with Gasteiger partial charge in [-0.1, -0.05) is 12.1 Å². The highest BCUT2D eigenvalue weighted by atomic mass is 16.6. The Morgan fingerprint density at radius 3 is 2.95 bits per heavy atom. The average molecular weight is 262 g/mol. The molecule has 1 aromatic rings. The molecule has 0 bridgehead atoms. The molecule has 1 unspecified atom stereocenters. The van der Waals surface area contributed by atoms with E-state index in [1.807, 2.05) is 12.1 Å². The summed E-state index contributed by atoms with van der Waals surface area (Å²) in [7, 11) is 0.